The average molecular weight is 541 g/mol. The molecule has 0 unspecified atom stereocenters. The van der Waals surface area contributed by atoms with Crippen LogP contribution in [-0.4, -0.2) is 24.3 Å². The zero-order chi connectivity index (χ0) is 28.0. The molecule has 0 aliphatic carbocycles. The fourth-order valence-corrected chi connectivity index (χ4v) is 4.27. The van der Waals surface area contributed by atoms with Crippen molar-refractivity contribution >= 4 is 0 Å². The molecule has 0 saturated heterocycles. The Labute approximate surface area is 237 Å². The Kier molecular flexibility index (Phi) is 11.5. The predicted octanol–water partition coefficient (Wildman–Crippen LogP) is 4.00. The molecule has 0 fully saturated rings. The first kappa shape index (κ1) is 29.3. The van der Waals surface area contributed by atoms with Gasteiger partial charge in [0, 0.05) is 39.3 Å². The van der Waals surface area contributed by atoms with Gasteiger partial charge in [-0.3, -0.25) is 0 Å². The van der Waals surface area contributed by atoms with Crippen molar-refractivity contribution in [3.05, 3.63) is 130 Å². The molecule has 0 saturated carbocycles. The summed E-state index contributed by atoms with van der Waals surface area (Å²) in [5.74, 6) is 1.65. The summed E-state index contributed by atoms with van der Waals surface area (Å²) in [6, 6.07) is 32.2. The van der Waals surface area contributed by atoms with E-state index in [4.69, 9.17) is 20.9 Å². The second kappa shape index (κ2) is 15.8. The third kappa shape index (κ3) is 9.79. The van der Waals surface area contributed by atoms with Gasteiger partial charge in [0.2, 0.25) is 0 Å². The summed E-state index contributed by atoms with van der Waals surface area (Å²) in [5, 5.41) is 17.1. The van der Waals surface area contributed by atoms with Crippen LogP contribution in [0.5, 0.6) is 11.5 Å². The van der Waals surface area contributed by atoms with E-state index in [0.29, 0.717) is 52.5 Å². The standard InChI is InChI=1S/C33H40N4O3/c34-17-25-7-11-32(12-8-25)39-23-29-5-1-3-27(15-29)19-36-21-31(38)22-37-20-28-4-2-6-30(16-28)24-40-33-13-9-26(18-35)10-14-33/h1-16,31,36-38H,17-24,34-35H2. The molecule has 0 bridgehead atoms. The van der Waals surface area contributed by atoms with Gasteiger partial charge >= 0.3 is 0 Å². The molecule has 4 aromatic rings. The van der Waals surface area contributed by atoms with E-state index >= 15 is 0 Å². The second-order valence-electron chi connectivity index (χ2n) is 9.83. The van der Waals surface area contributed by atoms with Gasteiger partial charge in [0.1, 0.15) is 24.7 Å². The number of benzene rings is 4. The van der Waals surface area contributed by atoms with Crippen LogP contribution in [0.2, 0.25) is 0 Å². The highest BCUT2D eigenvalue weighted by Crippen LogP contribution is 2.16. The van der Waals surface area contributed by atoms with Crippen molar-refractivity contribution in [2.45, 2.75) is 45.5 Å². The minimum absolute atomic E-state index is 0.494. The van der Waals surface area contributed by atoms with Crippen molar-refractivity contribution in [3.8, 4) is 11.5 Å². The molecule has 0 amide bonds. The molecule has 0 radical (unpaired) electrons. The lowest BCUT2D eigenvalue weighted by Gasteiger charge is -2.14. The van der Waals surface area contributed by atoms with E-state index in [1.54, 1.807) is 0 Å². The lowest BCUT2D eigenvalue weighted by molar-refractivity contribution is 0.168. The lowest BCUT2D eigenvalue weighted by atomic mass is 10.1. The molecule has 7 heteroatoms. The molecule has 4 rings (SSSR count). The molecule has 210 valence electrons. The van der Waals surface area contributed by atoms with Crippen LogP contribution in [-0.2, 0) is 39.4 Å². The van der Waals surface area contributed by atoms with Crippen LogP contribution >= 0.6 is 0 Å². The van der Waals surface area contributed by atoms with Crippen LogP contribution in [0.3, 0.4) is 0 Å². The number of nitrogens with two attached hydrogens (primary N) is 2. The van der Waals surface area contributed by atoms with Gasteiger partial charge in [-0.05, 0) is 57.6 Å². The van der Waals surface area contributed by atoms with Crippen molar-refractivity contribution in [3.63, 3.8) is 0 Å². The third-order valence-corrected chi connectivity index (χ3v) is 6.53. The summed E-state index contributed by atoms with van der Waals surface area (Å²) in [6.45, 7) is 4.39. The van der Waals surface area contributed by atoms with Gasteiger partial charge in [-0.25, -0.2) is 0 Å². The Morgan fingerprint density at radius 2 is 0.950 bits per heavy atom. The molecule has 0 aliphatic heterocycles. The molecule has 7 nitrogen and oxygen atoms in total. The zero-order valence-corrected chi connectivity index (χ0v) is 22.9. The van der Waals surface area contributed by atoms with Gasteiger partial charge in [0.15, 0.2) is 0 Å². The summed E-state index contributed by atoms with van der Waals surface area (Å²) in [6.07, 6.45) is -0.494. The third-order valence-electron chi connectivity index (χ3n) is 6.53. The molecule has 7 N–H and O–H groups in total. The molecule has 4 aromatic carbocycles. The van der Waals surface area contributed by atoms with E-state index < -0.39 is 6.10 Å². The summed E-state index contributed by atoms with van der Waals surface area (Å²) in [7, 11) is 0. The maximum Gasteiger partial charge on any atom is 0.119 e. The first-order valence-corrected chi connectivity index (χ1v) is 13.7. The van der Waals surface area contributed by atoms with Gasteiger partial charge in [-0.1, -0.05) is 72.8 Å². The highest BCUT2D eigenvalue weighted by Gasteiger charge is 2.05. The summed E-state index contributed by atoms with van der Waals surface area (Å²) >= 11 is 0. The minimum atomic E-state index is -0.494. The predicted molar refractivity (Wildman–Crippen MR) is 160 cm³/mol. The number of aliphatic hydroxyl groups is 1. The quantitative estimate of drug-likeness (QED) is 0.146. The van der Waals surface area contributed by atoms with E-state index in [2.05, 4.69) is 47.0 Å². The fraction of sp³-hybridized carbons (Fsp3) is 0.273. The Morgan fingerprint density at radius 1 is 0.550 bits per heavy atom. The Balaban J connectivity index is 1.13. The van der Waals surface area contributed by atoms with Crippen LogP contribution < -0.4 is 31.6 Å². The largest absolute Gasteiger partial charge is 0.489 e. The van der Waals surface area contributed by atoms with Gasteiger partial charge in [0.05, 0.1) is 6.10 Å². The van der Waals surface area contributed by atoms with Gasteiger partial charge in [0.25, 0.3) is 0 Å². The van der Waals surface area contributed by atoms with E-state index in [-0.39, 0.29) is 0 Å². The summed E-state index contributed by atoms with van der Waals surface area (Å²) in [5.41, 5.74) is 18.0. The van der Waals surface area contributed by atoms with Crippen molar-refractivity contribution in [1.82, 2.24) is 10.6 Å². The van der Waals surface area contributed by atoms with Crippen molar-refractivity contribution in [2.75, 3.05) is 13.1 Å². The number of aliphatic hydroxyl groups excluding tert-OH is 1. The molecular formula is C33H40N4O3. The second-order valence-corrected chi connectivity index (χ2v) is 9.83. The molecule has 0 atom stereocenters. The van der Waals surface area contributed by atoms with E-state index in [9.17, 15) is 5.11 Å². The van der Waals surface area contributed by atoms with Crippen LogP contribution in [0.25, 0.3) is 0 Å². The molecule has 0 heterocycles. The first-order valence-electron chi connectivity index (χ1n) is 13.7. The van der Waals surface area contributed by atoms with Crippen molar-refractivity contribution in [1.29, 1.82) is 0 Å². The highest BCUT2D eigenvalue weighted by molar-refractivity contribution is 5.30. The topological polar surface area (TPSA) is 115 Å². The lowest BCUT2D eigenvalue weighted by Crippen LogP contribution is -2.35. The first-order chi connectivity index (χ1) is 19.6. The van der Waals surface area contributed by atoms with Gasteiger partial charge < -0.3 is 36.7 Å². The number of nitrogens with one attached hydrogen (secondary N) is 2. The number of hydrogen-bond donors (Lipinski definition) is 5. The Morgan fingerprint density at radius 3 is 1.35 bits per heavy atom. The van der Waals surface area contributed by atoms with Crippen molar-refractivity contribution in [2.24, 2.45) is 11.5 Å². The average Bonchev–Trinajstić information content (AvgIpc) is 3.00. The van der Waals surface area contributed by atoms with E-state index in [1.807, 2.05) is 60.7 Å². The van der Waals surface area contributed by atoms with Crippen LogP contribution in [0.15, 0.2) is 97.1 Å². The van der Waals surface area contributed by atoms with Gasteiger partial charge in [-0.2, -0.15) is 0 Å². The van der Waals surface area contributed by atoms with Crippen LogP contribution in [0.4, 0.5) is 0 Å². The van der Waals surface area contributed by atoms with Crippen LogP contribution in [0, 0.1) is 0 Å². The molecule has 0 spiro atoms. The number of hydrogen-bond acceptors (Lipinski definition) is 7. The smallest absolute Gasteiger partial charge is 0.119 e. The summed E-state index contributed by atoms with van der Waals surface area (Å²) in [4.78, 5) is 0. The van der Waals surface area contributed by atoms with Crippen LogP contribution in [0.1, 0.15) is 33.4 Å². The monoisotopic (exact) mass is 540 g/mol. The van der Waals surface area contributed by atoms with E-state index in [0.717, 1.165) is 44.9 Å². The zero-order valence-electron chi connectivity index (χ0n) is 22.9. The Bertz CT molecular complexity index is 1190. The molecule has 0 aromatic heterocycles. The maximum atomic E-state index is 10.4. The minimum Gasteiger partial charge on any atom is -0.489 e. The molecular weight excluding hydrogens is 500 g/mol. The number of rotatable bonds is 16. The Hall–Kier alpha value is -3.72. The SMILES string of the molecule is NCc1ccc(OCc2cccc(CNCC(O)CNCc3cccc(COc4ccc(CN)cc4)c3)c2)cc1. The normalized spacial score (nSPS) is 11.1. The molecule has 40 heavy (non-hydrogen) atoms. The van der Waals surface area contributed by atoms with Gasteiger partial charge in [-0.15, -0.1) is 0 Å². The fourth-order valence-electron chi connectivity index (χ4n) is 4.27. The molecule has 0 aliphatic rings. The summed E-state index contributed by atoms with van der Waals surface area (Å²) < 4.78 is 11.8. The number of ether oxygens (including phenoxy) is 2. The van der Waals surface area contributed by atoms with Crippen molar-refractivity contribution < 1.29 is 14.6 Å². The van der Waals surface area contributed by atoms with E-state index in [1.165, 1.54) is 0 Å². The highest BCUT2D eigenvalue weighted by atomic mass is 16.5. The maximum absolute atomic E-state index is 10.4.